The van der Waals surface area contributed by atoms with E-state index in [0.29, 0.717) is 24.5 Å². The topological polar surface area (TPSA) is 63.2 Å². The molecule has 2 aromatic rings. The molecule has 1 aliphatic heterocycles. The Hall–Kier alpha value is -2.21. The number of aromatic nitrogens is 2. The van der Waals surface area contributed by atoms with E-state index in [0.717, 1.165) is 29.7 Å². The van der Waals surface area contributed by atoms with Gasteiger partial charge in [0.05, 0.1) is 11.3 Å². The van der Waals surface area contributed by atoms with Gasteiger partial charge in [0.2, 0.25) is 0 Å². The molecule has 3 rings (SSSR count). The minimum absolute atomic E-state index is 0.0779. The summed E-state index contributed by atoms with van der Waals surface area (Å²) in [7, 11) is 0. The molecular weight excluding hydrogens is 322 g/mol. The second-order valence-corrected chi connectivity index (χ2v) is 6.84. The molecule has 1 amide bonds. The summed E-state index contributed by atoms with van der Waals surface area (Å²) >= 11 is 1.26. The third kappa shape index (κ3) is 3.82. The predicted molar refractivity (Wildman–Crippen MR) is 93.4 cm³/mol. The smallest absolute Gasteiger partial charge is 0.286 e. The second kappa shape index (κ2) is 7.57. The maximum Gasteiger partial charge on any atom is 0.286 e. The van der Waals surface area contributed by atoms with Gasteiger partial charge in [-0.2, -0.15) is 0 Å². The summed E-state index contributed by atoms with van der Waals surface area (Å²) in [5.74, 6) is 0.881. The van der Waals surface area contributed by atoms with E-state index in [9.17, 15) is 9.59 Å². The number of benzene rings is 1. The molecule has 0 N–H and O–H groups in total. The number of nitrogens with zero attached hydrogens (tertiary/aromatic N) is 3. The van der Waals surface area contributed by atoms with Crippen LogP contribution in [0.4, 0.5) is 4.79 Å². The molecule has 124 valence electrons. The number of rotatable bonds is 3. The van der Waals surface area contributed by atoms with Crippen LogP contribution in [-0.4, -0.2) is 39.5 Å². The van der Waals surface area contributed by atoms with E-state index in [1.807, 2.05) is 42.2 Å². The third-order valence-electron chi connectivity index (χ3n) is 4.18. The number of hydrogen-bond acceptors (Lipinski definition) is 5. The second-order valence-electron chi connectivity index (χ2n) is 5.82. The zero-order valence-corrected chi connectivity index (χ0v) is 14.3. The molecular formula is C18H19N3O2S. The summed E-state index contributed by atoms with van der Waals surface area (Å²) in [6.45, 7) is 3.20. The zero-order valence-electron chi connectivity index (χ0n) is 13.5. The molecule has 1 saturated heterocycles. The SMILES string of the molecule is Cc1ncc(C=O)c(C2CCN(C(=O)Sc3ccccc3)CC2)n1. The highest BCUT2D eigenvalue weighted by Gasteiger charge is 2.26. The number of aldehydes is 1. The lowest BCUT2D eigenvalue weighted by Gasteiger charge is -2.31. The van der Waals surface area contributed by atoms with Crippen LogP contribution < -0.4 is 0 Å². The molecule has 0 radical (unpaired) electrons. The van der Waals surface area contributed by atoms with Gasteiger partial charge in [-0.15, -0.1) is 0 Å². The normalized spacial score (nSPS) is 15.3. The quantitative estimate of drug-likeness (QED) is 0.629. The first kappa shape index (κ1) is 16.6. The summed E-state index contributed by atoms with van der Waals surface area (Å²) in [5, 5.41) is 0.0779. The van der Waals surface area contributed by atoms with Gasteiger partial charge in [-0.1, -0.05) is 18.2 Å². The summed E-state index contributed by atoms with van der Waals surface area (Å²) < 4.78 is 0. The Bertz CT molecular complexity index is 728. The van der Waals surface area contributed by atoms with Gasteiger partial charge in [0, 0.05) is 30.1 Å². The lowest BCUT2D eigenvalue weighted by atomic mass is 9.91. The van der Waals surface area contributed by atoms with Gasteiger partial charge < -0.3 is 4.90 Å². The molecule has 0 bridgehead atoms. The van der Waals surface area contributed by atoms with Crippen molar-refractivity contribution in [1.82, 2.24) is 14.9 Å². The van der Waals surface area contributed by atoms with E-state index in [4.69, 9.17) is 0 Å². The van der Waals surface area contributed by atoms with Crippen molar-refractivity contribution >= 4 is 23.3 Å². The van der Waals surface area contributed by atoms with Gasteiger partial charge in [-0.3, -0.25) is 9.59 Å². The minimum Gasteiger partial charge on any atom is -0.333 e. The van der Waals surface area contributed by atoms with Crippen LogP contribution in [0.25, 0.3) is 0 Å². The van der Waals surface area contributed by atoms with Gasteiger partial charge in [0.15, 0.2) is 6.29 Å². The Morgan fingerprint density at radius 2 is 1.96 bits per heavy atom. The molecule has 1 aromatic carbocycles. The van der Waals surface area contributed by atoms with Gasteiger partial charge >= 0.3 is 0 Å². The van der Waals surface area contributed by atoms with Crippen LogP contribution in [0.15, 0.2) is 41.4 Å². The van der Waals surface area contributed by atoms with Crippen LogP contribution in [0.1, 0.15) is 40.6 Å². The molecule has 2 heterocycles. The molecule has 1 aromatic heterocycles. The number of amides is 1. The zero-order chi connectivity index (χ0) is 16.9. The lowest BCUT2D eigenvalue weighted by Crippen LogP contribution is -2.36. The van der Waals surface area contributed by atoms with Crippen molar-refractivity contribution in [2.45, 2.75) is 30.6 Å². The summed E-state index contributed by atoms with van der Waals surface area (Å²) in [6, 6.07) is 9.68. The first-order chi connectivity index (χ1) is 11.7. The molecule has 0 atom stereocenters. The Balaban J connectivity index is 1.62. The number of piperidine rings is 1. The van der Waals surface area contributed by atoms with Crippen molar-refractivity contribution in [3.05, 3.63) is 53.6 Å². The predicted octanol–water partition coefficient (Wildman–Crippen LogP) is 3.69. The van der Waals surface area contributed by atoms with Crippen molar-refractivity contribution in [3.8, 4) is 0 Å². The van der Waals surface area contributed by atoms with Crippen LogP contribution in [0, 0.1) is 6.92 Å². The molecule has 6 heteroatoms. The Morgan fingerprint density at radius 1 is 1.25 bits per heavy atom. The Labute approximate surface area is 145 Å². The fourth-order valence-corrected chi connectivity index (χ4v) is 3.71. The monoisotopic (exact) mass is 341 g/mol. The van der Waals surface area contributed by atoms with E-state index in [1.54, 1.807) is 6.20 Å². The molecule has 0 unspecified atom stereocenters. The van der Waals surface area contributed by atoms with Crippen LogP contribution >= 0.6 is 11.8 Å². The Kier molecular flexibility index (Phi) is 5.25. The van der Waals surface area contributed by atoms with Gasteiger partial charge in [-0.25, -0.2) is 9.97 Å². The van der Waals surface area contributed by atoms with Crippen molar-refractivity contribution < 1.29 is 9.59 Å². The standard InChI is InChI=1S/C18H19N3O2S/c1-13-19-11-15(12-22)17(20-13)14-7-9-21(10-8-14)18(23)24-16-5-3-2-4-6-16/h2-6,11-12,14H,7-10H2,1H3. The Morgan fingerprint density at radius 3 is 2.62 bits per heavy atom. The largest absolute Gasteiger partial charge is 0.333 e. The van der Waals surface area contributed by atoms with Crippen LogP contribution in [-0.2, 0) is 0 Å². The van der Waals surface area contributed by atoms with Gasteiger partial charge in [0.1, 0.15) is 5.82 Å². The number of hydrogen-bond donors (Lipinski definition) is 0. The highest BCUT2D eigenvalue weighted by Crippen LogP contribution is 2.31. The lowest BCUT2D eigenvalue weighted by molar-refractivity contribution is 0.112. The van der Waals surface area contributed by atoms with Crippen LogP contribution in [0.2, 0.25) is 0 Å². The maximum absolute atomic E-state index is 12.4. The van der Waals surface area contributed by atoms with Crippen molar-refractivity contribution in [2.24, 2.45) is 0 Å². The van der Waals surface area contributed by atoms with E-state index >= 15 is 0 Å². The third-order valence-corrected chi connectivity index (χ3v) is 5.12. The van der Waals surface area contributed by atoms with Crippen molar-refractivity contribution in [3.63, 3.8) is 0 Å². The first-order valence-electron chi connectivity index (χ1n) is 7.98. The summed E-state index contributed by atoms with van der Waals surface area (Å²) in [5.41, 5.74) is 1.38. The fourth-order valence-electron chi connectivity index (χ4n) is 2.90. The maximum atomic E-state index is 12.4. The van der Waals surface area contributed by atoms with Crippen LogP contribution in [0.5, 0.6) is 0 Å². The molecule has 0 saturated carbocycles. The van der Waals surface area contributed by atoms with Crippen molar-refractivity contribution in [1.29, 1.82) is 0 Å². The molecule has 0 aliphatic carbocycles. The molecule has 24 heavy (non-hydrogen) atoms. The highest BCUT2D eigenvalue weighted by molar-refractivity contribution is 8.13. The first-order valence-corrected chi connectivity index (χ1v) is 8.79. The number of thioether (sulfide) groups is 1. The number of carbonyl (C=O) groups is 2. The number of carbonyl (C=O) groups excluding carboxylic acids is 2. The average Bonchev–Trinajstić information content (AvgIpc) is 2.62. The van der Waals surface area contributed by atoms with E-state index < -0.39 is 0 Å². The van der Waals surface area contributed by atoms with Gasteiger partial charge in [-0.05, 0) is 43.7 Å². The average molecular weight is 341 g/mol. The molecule has 1 fully saturated rings. The molecule has 5 nitrogen and oxygen atoms in total. The van der Waals surface area contributed by atoms with E-state index in [2.05, 4.69) is 9.97 Å². The summed E-state index contributed by atoms with van der Waals surface area (Å²) in [4.78, 5) is 35.0. The van der Waals surface area contributed by atoms with E-state index in [1.165, 1.54) is 11.8 Å². The molecule has 1 aliphatic rings. The highest BCUT2D eigenvalue weighted by atomic mass is 32.2. The van der Waals surface area contributed by atoms with E-state index in [-0.39, 0.29) is 11.2 Å². The minimum atomic E-state index is 0.0779. The molecule has 0 spiro atoms. The van der Waals surface area contributed by atoms with Crippen LogP contribution in [0.3, 0.4) is 0 Å². The number of aryl methyl sites for hydroxylation is 1. The van der Waals surface area contributed by atoms with Crippen molar-refractivity contribution in [2.75, 3.05) is 13.1 Å². The number of likely N-dealkylation sites (tertiary alicyclic amines) is 1. The van der Waals surface area contributed by atoms with Gasteiger partial charge in [0.25, 0.3) is 5.24 Å². The fraction of sp³-hybridized carbons (Fsp3) is 0.333. The summed E-state index contributed by atoms with van der Waals surface area (Å²) in [6.07, 6.45) is 4.04.